The van der Waals surface area contributed by atoms with Crippen molar-refractivity contribution in [1.29, 1.82) is 0 Å². The van der Waals surface area contributed by atoms with Gasteiger partial charge in [0.2, 0.25) is 0 Å². The number of hydrogen-bond donors (Lipinski definition) is 2. The zero-order valence-electron chi connectivity index (χ0n) is 9.55. The Kier molecular flexibility index (Phi) is 4.33. The van der Waals surface area contributed by atoms with Crippen LogP contribution in [0.3, 0.4) is 0 Å². The van der Waals surface area contributed by atoms with Crippen molar-refractivity contribution in [3.05, 3.63) is 0 Å². The van der Waals surface area contributed by atoms with Gasteiger partial charge in [0, 0.05) is 19.6 Å². The lowest BCUT2D eigenvalue weighted by Crippen LogP contribution is -2.44. The lowest BCUT2D eigenvalue weighted by atomic mass is 10.2. The average Bonchev–Trinajstić information content (AvgIpc) is 2.57. The summed E-state index contributed by atoms with van der Waals surface area (Å²) < 4.78 is 22.5. The number of urea groups is 1. The fourth-order valence-corrected chi connectivity index (χ4v) is 3.42. The molecule has 1 atom stereocenters. The molecule has 1 unspecified atom stereocenters. The number of aliphatic carboxylic acids is 1. The van der Waals surface area contributed by atoms with E-state index in [1.807, 2.05) is 0 Å². The molecule has 0 spiro atoms. The molecule has 2 amide bonds. The monoisotopic (exact) mass is 264 g/mol. The van der Waals surface area contributed by atoms with Gasteiger partial charge in [-0.3, -0.25) is 4.79 Å². The third-order valence-corrected chi connectivity index (χ3v) is 4.44. The molecule has 0 aromatic rings. The number of rotatable bonds is 4. The number of nitrogens with one attached hydrogen (secondary N) is 1. The van der Waals surface area contributed by atoms with Crippen LogP contribution in [-0.4, -0.2) is 61.6 Å². The fourth-order valence-electron chi connectivity index (χ4n) is 1.65. The lowest BCUT2D eigenvalue weighted by molar-refractivity contribution is -0.136. The largest absolute Gasteiger partial charge is 0.481 e. The first-order chi connectivity index (χ1) is 7.82. The van der Waals surface area contributed by atoms with Crippen LogP contribution in [0.5, 0.6) is 0 Å². The van der Waals surface area contributed by atoms with E-state index < -0.39 is 21.8 Å². The van der Waals surface area contributed by atoms with Crippen LogP contribution in [0, 0.1) is 0 Å². The average molecular weight is 264 g/mol. The minimum atomic E-state index is -3.02. The third-order valence-electron chi connectivity index (χ3n) is 2.69. The summed E-state index contributed by atoms with van der Waals surface area (Å²) in [6.07, 6.45) is 0.285. The van der Waals surface area contributed by atoms with Gasteiger partial charge in [-0.2, -0.15) is 0 Å². The maximum atomic E-state index is 11.5. The van der Waals surface area contributed by atoms with E-state index in [2.05, 4.69) is 5.32 Å². The second-order valence-corrected chi connectivity index (χ2v) is 6.27. The van der Waals surface area contributed by atoms with Gasteiger partial charge in [-0.15, -0.1) is 0 Å². The number of amides is 2. The van der Waals surface area contributed by atoms with E-state index in [-0.39, 0.29) is 30.5 Å². The van der Waals surface area contributed by atoms with E-state index in [0.717, 1.165) is 0 Å². The van der Waals surface area contributed by atoms with E-state index in [4.69, 9.17) is 5.11 Å². The zero-order chi connectivity index (χ0) is 13.1. The van der Waals surface area contributed by atoms with Crippen molar-refractivity contribution in [2.24, 2.45) is 0 Å². The smallest absolute Gasteiger partial charge is 0.317 e. The van der Waals surface area contributed by atoms with Crippen LogP contribution in [0.25, 0.3) is 0 Å². The summed E-state index contributed by atoms with van der Waals surface area (Å²) in [4.78, 5) is 23.1. The summed E-state index contributed by atoms with van der Waals surface area (Å²) in [6, 6.07) is -0.752. The predicted octanol–water partition coefficient (Wildman–Crippen LogP) is -0.710. The molecule has 0 radical (unpaired) electrons. The summed E-state index contributed by atoms with van der Waals surface area (Å²) in [5, 5.41) is 10.8. The second-order valence-electron chi connectivity index (χ2n) is 4.04. The Morgan fingerprint density at radius 3 is 2.59 bits per heavy atom. The normalized spacial score (nSPS) is 22.1. The highest BCUT2D eigenvalue weighted by Gasteiger charge is 2.32. The Hall–Kier alpha value is -1.31. The summed E-state index contributed by atoms with van der Waals surface area (Å²) in [5.41, 5.74) is 0. The lowest BCUT2D eigenvalue weighted by Gasteiger charge is -2.23. The minimum Gasteiger partial charge on any atom is -0.481 e. The summed E-state index contributed by atoms with van der Waals surface area (Å²) in [7, 11) is -1.51. The van der Waals surface area contributed by atoms with Gasteiger partial charge < -0.3 is 15.3 Å². The minimum absolute atomic E-state index is 0.0180. The first-order valence-corrected chi connectivity index (χ1v) is 7.07. The predicted molar refractivity (Wildman–Crippen MR) is 60.5 cm³/mol. The topological polar surface area (TPSA) is 104 Å². The standard InChI is InChI=1S/C9H16N2O5S/c1-11(7-3-5-17(15,16)6-7)9(14)10-4-2-8(12)13/h7H,2-6H2,1H3,(H,10,14)(H,12,13). The Labute approximate surface area is 99.7 Å². The summed E-state index contributed by atoms with van der Waals surface area (Å²) >= 11 is 0. The third kappa shape index (κ3) is 4.22. The number of sulfone groups is 1. The number of hydrogen-bond acceptors (Lipinski definition) is 4. The molecule has 1 saturated heterocycles. The summed E-state index contributed by atoms with van der Waals surface area (Å²) in [6.45, 7) is 0.0397. The maximum absolute atomic E-state index is 11.5. The summed E-state index contributed by atoms with van der Waals surface area (Å²) in [5.74, 6) is -0.906. The molecule has 2 N–H and O–H groups in total. The van der Waals surface area contributed by atoms with Crippen molar-refractivity contribution in [1.82, 2.24) is 10.2 Å². The quantitative estimate of drug-likeness (QED) is 0.698. The Balaban J connectivity index is 2.40. The van der Waals surface area contributed by atoms with Gasteiger partial charge >= 0.3 is 12.0 Å². The highest BCUT2D eigenvalue weighted by molar-refractivity contribution is 7.91. The first kappa shape index (κ1) is 13.8. The Morgan fingerprint density at radius 1 is 1.47 bits per heavy atom. The van der Waals surface area contributed by atoms with Crippen LogP contribution < -0.4 is 5.32 Å². The van der Waals surface area contributed by atoms with Gasteiger partial charge in [0.1, 0.15) is 0 Å². The number of carbonyl (C=O) groups is 2. The van der Waals surface area contributed by atoms with Crippen molar-refractivity contribution in [2.75, 3.05) is 25.1 Å². The molecule has 1 rings (SSSR count). The maximum Gasteiger partial charge on any atom is 0.317 e. The molecule has 1 aliphatic heterocycles. The molecule has 0 aromatic carbocycles. The molecule has 0 aromatic heterocycles. The van der Waals surface area contributed by atoms with E-state index >= 15 is 0 Å². The molecule has 0 bridgehead atoms. The van der Waals surface area contributed by atoms with Crippen molar-refractivity contribution in [3.63, 3.8) is 0 Å². The molecular formula is C9H16N2O5S. The highest BCUT2D eigenvalue weighted by atomic mass is 32.2. The number of carbonyl (C=O) groups excluding carboxylic acids is 1. The van der Waals surface area contributed by atoms with Crippen LogP contribution in [0.1, 0.15) is 12.8 Å². The van der Waals surface area contributed by atoms with Crippen molar-refractivity contribution in [2.45, 2.75) is 18.9 Å². The molecule has 0 saturated carbocycles. The van der Waals surface area contributed by atoms with Crippen molar-refractivity contribution < 1.29 is 23.1 Å². The second kappa shape index (κ2) is 5.35. The fraction of sp³-hybridized carbons (Fsp3) is 0.778. The molecule has 0 aliphatic carbocycles. The highest BCUT2D eigenvalue weighted by Crippen LogP contribution is 2.16. The van der Waals surface area contributed by atoms with E-state index in [1.54, 1.807) is 0 Å². The SMILES string of the molecule is CN(C(=O)NCCC(=O)O)C1CCS(=O)(=O)C1. The van der Waals surface area contributed by atoms with Crippen LogP contribution in [0.2, 0.25) is 0 Å². The van der Waals surface area contributed by atoms with Gasteiger partial charge in [-0.05, 0) is 6.42 Å². The molecule has 1 fully saturated rings. The van der Waals surface area contributed by atoms with Gasteiger partial charge in [0.15, 0.2) is 9.84 Å². The molecule has 7 nitrogen and oxygen atoms in total. The van der Waals surface area contributed by atoms with Gasteiger partial charge in [-0.1, -0.05) is 0 Å². The molecule has 17 heavy (non-hydrogen) atoms. The van der Waals surface area contributed by atoms with Crippen molar-refractivity contribution >= 4 is 21.8 Å². The van der Waals surface area contributed by atoms with Crippen LogP contribution in [0.15, 0.2) is 0 Å². The van der Waals surface area contributed by atoms with Crippen LogP contribution in [-0.2, 0) is 14.6 Å². The first-order valence-electron chi connectivity index (χ1n) is 5.25. The molecule has 8 heteroatoms. The molecule has 1 heterocycles. The van der Waals surface area contributed by atoms with Gasteiger partial charge in [-0.25, -0.2) is 13.2 Å². The molecular weight excluding hydrogens is 248 g/mol. The Bertz CT molecular complexity index is 406. The molecule has 98 valence electrons. The van der Waals surface area contributed by atoms with E-state index in [0.29, 0.717) is 6.42 Å². The number of carboxylic acids is 1. The zero-order valence-corrected chi connectivity index (χ0v) is 10.4. The Morgan fingerprint density at radius 2 is 2.12 bits per heavy atom. The van der Waals surface area contributed by atoms with Gasteiger partial charge in [0.25, 0.3) is 0 Å². The van der Waals surface area contributed by atoms with Gasteiger partial charge in [0.05, 0.1) is 17.9 Å². The van der Waals surface area contributed by atoms with Crippen LogP contribution >= 0.6 is 0 Å². The number of carboxylic acid groups (broad SMARTS) is 1. The number of nitrogens with zero attached hydrogens (tertiary/aromatic N) is 1. The van der Waals surface area contributed by atoms with Crippen LogP contribution in [0.4, 0.5) is 4.79 Å². The molecule has 1 aliphatic rings. The van der Waals surface area contributed by atoms with E-state index in [9.17, 15) is 18.0 Å². The van der Waals surface area contributed by atoms with Crippen molar-refractivity contribution in [3.8, 4) is 0 Å². The van der Waals surface area contributed by atoms with E-state index in [1.165, 1.54) is 11.9 Å².